The summed E-state index contributed by atoms with van der Waals surface area (Å²) in [7, 11) is 0. The van der Waals surface area contributed by atoms with Gasteiger partial charge in [-0.2, -0.15) is 0 Å². The van der Waals surface area contributed by atoms with Crippen LogP contribution < -0.4 is 10.6 Å². The van der Waals surface area contributed by atoms with Crippen molar-refractivity contribution in [1.82, 2.24) is 19.5 Å². The molecular formula is C26H29FN6O8. The molecular weight excluding hydrogens is 543 g/mol. The summed E-state index contributed by atoms with van der Waals surface area (Å²) in [6.45, 7) is 1.39. The highest BCUT2D eigenvalue weighted by Crippen LogP contribution is 2.35. The third-order valence-corrected chi connectivity index (χ3v) is 7.34. The molecule has 218 valence electrons. The van der Waals surface area contributed by atoms with Gasteiger partial charge in [-0.1, -0.05) is 12.1 Å². The molecule has 0 radical (unpaired) electrons. The predicted molar refractivity (Wildman–Crippen MR) is 140 cm³/mol. The van der Waals surface area contributed by atoms with Crippen LogP contribution in [-0.2, 0) is 30.3 Å². The number of aromatic nitrogens is 4. The van der Waals surface area contributed by atoms with Crippen molar-refractivity contribution in [3.63, 3.8) is 0 Å². The van der Waals surface area contributed by atoms with Gasteiger partial charge in [0, 0.05) is 25.1 Å². The number of carbonyl (C=O) groups excluding carboxylic acids is 1. The molecule has 0 unspecified atom stereocenters. The fraction of sp³-hybridized carbons (Fsp3) is 0.462. The lowest BCUT2D eigenvalue weighted by Crippen LogP contribution is -2.52. The average molecular weight is 573 g/mol. The summed E-state index contributed by atoms with van der Waals surface area (Å²) in [5.41, 5.74) is 4.40. The number of hydrogen-bond donors (Lipinski definition) is 4. The number of rotatable bonds is 9. The zero-order valence-corrected chi connectivity index (χ0v) is 22.0. The minimum absolute atomic E-state index is 0.0212. The number of nitrogens with zero attached hydrogens (tertiary/aromatic N) is 5. The van der Waals surface area contributed by atoms with E-state index in [4.69, 9.17) is 15.2 Å². The van der Waals surface area contributed by atoms with Crippen molar-refractivity contribution in [3.8, 4) is 0 Å². The van der Waals surface area contributed by atoms with Crippen molar-refractivity contribution < 1.29 is 43.6 Å². The number of aliphatic hydroxyl groups excluding tert-OH is 1. The Balaban J connectivity index is 1.33. The van der Waals surface area contributed by atoms with Gasteiger partial charge in [-0.3, -0.25) is 9.36 Å². The molecule has 2 aliphatic rings. The second-order valence-corrected chi connectivity index (χ2v) is 10.1. The van der Waals surface area contributed by atoms with E-state index >= 15 is 4.39 Å². The number of aryl methyl sites for hydroxylation is 1. The van der Waals surface area contributed by atoms with Crippen LogP contribution in [0.1, 0.15) is 36.9 Å². The highest BCUT2D eigenvalue weighted by molar-refractivity contribution is 6.02. The van der Waals surface area contributed by atoms with Crippen LogP contribution in [0.3, 0.4) is 0 Å². The van der Waals surface area contributed by atoms with Gasteiger partial charge in [-0.25, -0.2) is 28.9 Å². The Hall–Kier alpha value is -4.21. The van der Waals surface area contributed by atoms with Gasteiger partial charge in [0.15, 0.2) is 23.9 Å². The normalized spacial score (nSPS) is 23.3. The fourth-order valence-electron chi connectivity index (χ4n) is 5.10. The van der Waals surface area contributed by atoms with Crippen LogP contribution in [0.2, 0.25) is 0 Å². The second-order valence-electron chi connectivity index (χ2n) is 10.1. The second kappa shape index (κ2) is 11.0. The summed E-state index contributed by atoms with van der Waals surface area (Å²) in [5, 5.41) is 30.4. The molecule has 0 spiro atoms. The van der Waals surface area contributed by atoms with Crippen molar-refractivity contribution in [2.24, 2.45) is 0 Å². The molecule has 4 atom stereocenters. The number of carbonyl (C=O) groups is 3. The number of nitrogen functional groups attached to an aromatic ring is 1. The van der Waals surface area contributed by atoms with Gasteiger partial charge in [0.1, 0.15) is 23.5 Å². The van der Waals surface area contributed by atoms with E-state index in [0.717, 1.165) is 12.8 Å². The Morgan fingerprint density at radius 3 is 2.56 bits per heavy atom. The number of benzene rings is 1. The van der Waals surface area contributed by atoms with Gasteiger partial charge in [0.05, 0.1) is 12.9 Å². The van der Waals surface area contributed by atoms with Gasteiger partial charge < -0.3 is 35.4 Å². The number of nitrogens with two attached hydrogens (primary N) is 1. The quantitative estimate of drug-likeness (QED) is 0.265. The molecule has 5 N–H and O–H groups in total. The zero-order chi connectivity index (χ0) is 29.5. The number of alkyl halides is 1. The lowest BCUT2D eigenvalue weighted by atomic mass is 9.93. The Bertz CT molecular complexity index is 1470. The summed E-state index contributed by atoms with van der Waals surface area (Å²) in [5.74, 6) is -3.22. The fourth-order valence-corrected chi connectivity index (χ4v) is 5.10. The Morgan fingerprint density at radius 1 is 1.20 bits per heavy atom. The van der Waals surface area contributed by atoms with Crippen molar-refractivity contribution >= 4 is 40.5 Å². The largest absolute Gasteiger partial charge is 0.479 e. The molecule has 3 aromatic rings. The molecule has 15 heteroatoms. The summed E-state index contributed by atoms with van der Waals surface area (Å²) in [6, 6.07) is 6.27. The molecule has 2 aromatic heterocycles. The van der Waals surface area contributed by atoms with Crippen LogP contribution in [0.15, 0.2) is 30.6 Å². The maximum absolute atomic E-state index is 15.2. The summed E-state index contributed by atoms with van der Waals surface area (Å²) >= 11 is 0. The molecule has 0 aliphatic carbocycles. The third-order valence-electron chi connectivity index (χ3n) is 7.34. The van der Waals surface area contributed by atoms with Crippen molar-refractivity contribution in [1.29, 1.82) is 0 Å². The summed E-state index contributed by atoms with van der Waals surface area (Å²) in [4.78, 5) is 50.7. The van der Waals surface area contributed by atoms with Gasteiger partial charge >= 0.3 is 11.9 Å². The average Bonchev–Trinajstić information content (AvgIpc) is 3.47. The van der Waals surface area contributed by atoms with E-state index in [1.54, 1.807) is 24.0 Å². The molecule has 2 saturated heterocycles. The Morgan fingerprint density at radius 2 is 1.90 bits per heavy atom. The standard InChI is InChI=1S/C26H29FN6O8/c1-13-30-21(28)19-22(31-13)33(12-29-19)23-18(27)20(35)16(41-23)11-40-26(24(36)37,25(38)39)10-14-5-7-15(8-6-14)32-9-3-2-4-17(32)34/h5-8,12,16,18,20,23,35H,2-4,9-11H2,1H3,(H,36,37)(H,38,39)(H2,28,30,31)/t16-,18+,20-,23-/m1/s1. The van der Waals surface area contributed by atoms with Crippen molar-refractivity contribution in [2.45, 2.75) is 62.8 Å². The number of hydrogen-bond acceptors (Lipinski definition) is 10. The third kappa shape index (κ3) is 5.18. The number of halogens is 1. The highest BCUT2D eigenvalue weighted by atomic mass is 19.1. The monoisotopic (exact) mass is 572 g/mol. The van der Waals surface area contributed by atoms with Crippen LogP contribution >= 0.6 is 0 Å². The first-order valence-electron chi connectivity index (χ1n) is 13.0. The summed E-state index contributed by atoms with van der Waals surface area (Å²) in [6.07, 6.45) is -3.88. The maximum atomic E-state index is 15.2. The molecule has 0 saturated carbocycles. The number of fused-ring (bicyclic) bond motifs is 1. The number of imidazole rings is 1. The molecule has 1 aromatic carbocycles. The van der Waals surface area contributed by atoms with Gasteiger partial charge in [-0.15, -0.1) is 0 Å². The van der Waals surface area contributed by atoms with Crippen LogP contribution in [0.4, 0.5) is 15.9 Å². The first kappa shape index (κ1) is 28.3. The molecule has 5 rings (SSSR count). The van der Waals surface area contributed by atoms with E-state index < -0.39 is 55.2 Å². The minimum atomic E-state index is -2.77. The SMILES string of the molecule is Cc1nc(N)c2ncn([C@@H]3O[C@H](COC(Cc4ccc(N5CCCCC5=O)cc4)(C(=O)O)C(=O)O)[C@@H](O)[C@@H]3F)c2n1. The van der Waals surface area contributed by atoms with E-state index in [2.05, 4.69) is 15.0 Å². The van der Waals surface area contributed by atoms with Gasteiger partial charge in [0.25, 0.3) is 5.60 Å². The van der Waals surface area contributed by atoms with E-state index in [9.17, 15) is 29.7 Å². The van der Waals surface area contributed by atoms with E-state index in [0.29, 0.717) is 30.0 Å². The van der Waals surface area contributed by atoms with E-state index in [-0.39, 0.29) is 22.9 Å². The topological polar surface area (TPSA) is 203 Å². The van der Waals surface area contributed by atoms with E-state index in [1.165, 1.54) is 23.0 Å². The Kier molecular flexibility index (Phi) is 7.59. The number of anilines is 2. The van der Waals surface area contributed by atoms with Gasteiger partial charge in [-0.05, 0) is 37.5 Å². The van der Waals surface area contributed by atoms with Crippen LogP contribution in [0.25, 0.3) is 11.2 Å². The maximum Gasteiger partial charge on any atom is 0.348 e. The first-order valence-corrected chi connectivity index (χ1v) is 13.0. The molecule has 4 heterocycles. The van der Waals surface area contributed by atoms with Crippen LogP contribution in [-0.4, -0.2) is 89.8 Å². The Labute approximate surface area is 232 Å². The van der Waals surface area contributed by atoms with Crippen LogP contribution in [0.5, 0.6) is 0 Å². The number of amides is 1. The number of aliphatic hydroxyl groups is 1. The molecule has 14 nitrogen and oxygen atoms in total. The van der Waals surface area contributed by atoms with E-state index in [1.807, 2.05) is 0 Å². The molecule has 1 amide bonds. The summed E-state index contributed by atoms with van der Waals surface area (Å²) < 4.78 is 27.5. The lowest BCUT2D eigenvalue weighted by molar-refractivity contribution is -0.190. The highest BCUT2D eigenvalue weighted by Gasteiger charge is 2.52. The smallest absolute Gasteiger partial charge is 0.348 e. The number of piperidine rings is 1. The number of aliphatic carboxylic acids is 2. The molecule has 0 bridgehead atoms. The number of carboxylic acid groups (broad SMARTS) is 2. The van der Waals surface area contributed by atoms with Gasteiger partial charge in [0.2, 0.25) is 5.91 Å². The first-order chi connectivity index (χ1) is 19.5. The molecule has 2 fully saturated rings. The minimum Gasteiger partial charge on any atom is -0.479 e. The lowest BCUT2D eigenvalue weighted by Gasteiger charge is -2.28. The molecule has 41 heavy (non-hydrogen) atoms. The molecule has 2 aliphatic heterocycles. The van der Waals surface area contributed by atoms with Crippen molar-refractivity contribution in [3.05, 3.63) is 42.0 Å². The number of ether oxygens (including phenoxy) is 2. The zero-order valence-electron chi connectivity index (χ0n) is 22.0. The number of carboxylic acids is 2. The van der Waals surface area contributed by atoms with Crippen molar-refractivity contribution in [2.75, 3.05) is 23.8 Å². The van der Waals surface area contributed by atoms with Crippen LogP contribution in [0, 0.1) is 6.92 Å². The predicted octanol–water partition coefficient (Wildman–Crippen LogP) is 0.998.